The number of guanidine groups is 1. The van der Waals surface area contributed by atoms with Crippen LogP contribution in [0.3, 0.4) is 0 Å². The number of aliphatic imine (C=N–C) groups is 1. The Morgan fingerprint density at radius 1 is 1.70 bits per heavy atom. The third-order valence-electron chi connectivity index (χ3n) is 0.758. The summed E-state index contributed by atoms with van der Waals surface area (Å²) in [6.45, 7) is 1.88. The molecule has 0 heterocycles. The number of hydrogen-bond donors (Lipinski definition) is 2. The topological polar surface area (TPSA) is 50.4 Å². The fraction of sp³-hybridized carbons (Fsp3) is 0.800. The van der Waals surface area contributed by atoms with Gasteiger partial charge in [0.15, 0.2) is 5.96 Å². The van der Waals surface area contributed by atoms with Gasteiger partial charge in [0, 0.05) is 6.54 Å². The highest BCUT2D eigenvalue weighted by molar-refractivity contribution is 5.77. The molecule has 60 valence electrons. The van der Waals surface area contributed by atoms with E-state index in [1.54, 1.807) is 0 Å². The van der Waals surface area contributed by atoms with E-state index in [1.165, 1.54) is 0 Å². The van der Waals surface area contributed by atoms with Crippen LogP contribution in [0.4, 0.5) is 8.78 Å². The lowest BCUT2D eigenvalue weighted by atomic mass is 10.7. The third kappa shape index (κ3) is 5.27. The van der Waals surface area contributed by atoms with Crippen LogP contribution in [0.25, 0.3) is 0 Å². The van der Waals surface area contributed by atoms with Crippen molar-refractivity contribution in [3.63, 3.8) is 0 Å². The summed E-state index contributed by atoms with van der Waals surface area (Å²) in [7, 11) is 0. The predicted octanol–water partition coefficient (Wildman–Crippen LogP) is 0.176. The molecule has 0 atom stereocenters. The zero-order valence-electron chi connectivity index (χ0n) is 5.77. The van der Waals surface area contributed by atoms with Gasteiger partial charge >= 0.3 is 0 Å². The largest absolute Gasteiger partial charge is 0.370 e. The molecular weight excluding hydrogens is 140 g/mol. The van der Waals surface area contributed by atoms with E-state index in [4.69, 9.17) is 5.73 Å². The summed E-state index contributed by atoms with van der Waals surface area (Å²) < 4.78 is 22.9. The van der Waals surface area contributed by atoms with Crippen LogP contribution in [-0.2, 0) is 0 Å². The van der Waals surface area contributed by atoms with Gasteiger partial charge in [-0.3, -0.25) is 0 Å². The molecule has 3 N–H and O–H groups in total. The molecule has 0 aliphatic carbocycles. The van der Waals surface area contributed by atoms with Crippen LogP contribution >= 0.6 is 0 Å². The van der Waals surface area contributed by atoms with Gasteiger partial charge in [0.2, 0.25) is 0 Å². The highest BCUT2D eigenvalue weighted by Gasteiger charge is 1.98. The van der Waals surface area contributed by atoms with Crippen molar-refractivity contribution in [2.24, 2.45) is 10.7 Å². The minimum Gasteiger partial charge on any atom is -0.370 e. The smallest absolute Gasteiger partial charge is 0.257 e. The third-order valence-corrected chi connectivity index (χ3v) is 0.758. The van der Waals surface area contributed by atoms with E-state index in [1.807, 2.05) is 6.92 Å². The second-order valence-electron chi connectivity index (χ2n) is 1.65. The van der Waals surface area contributed by atoms with E-state index in [-0.39, 0.29) is 5.96 Å². The van der Waals surface area contributed by atoms with Gasteiger partial charge in [0.1, 0.15) is 6.54 Å². The normalized spacial score (nSPS) is 12.2. The maximum atomic E-state index is 11.4. The Bertz CT molecular complexity index is 113. The van der Waals surface area contributed by atoms with E-state index < -0.39 is 13.0 Å². The molecule has 0 rings (SSSR count). The van der Waals surface area contributed by atoms with Gasteiger partial charge in [-0.05, 0) is 6.92 Å². The number of nitrogens with two attached hydrogens (primary N) is 1. The van der Waals surface area contributed by atoms with Gasteiger partial charge in [0.25, 0.3) is 6.43 Å². The van der Waals surface area contributed by atoms with Crippen LogP contribution in [0, 0.1) is 0 Å². The molecular formula is C5H11F2N3. The van der Waals surface area contributed by atoms with E-state index >= 15 is 0 Å². The van der Waals surface area contributed by atoms with Crippen molar-refractivity contribution in [1.29, 1.82) is 0 Å². The maximum absolute atomic E-state index is 11.4. The second kappa shape index (κ2) is 4.96. The molecule has 0 spiro atoms. The number of nitrogens with one attached hydrogen (secondary N) is 1. The number of rotatable bonds is 3. The standard InChI is InChI=1S/C5H11F2N3/c1-2-9-5(8)10-3-4(6)7/h4H,2-3H2,1H3,(H3,8,9,10). The average molecular weight is 151 g/mol. The number of halogens is 2. The monoisotopic (exact) mass is 151 g/mol. The van der Waals surface area contributed by atoms with E-state index in [9.17, 15) is 8.78 Å². The molecule has 0 aromatic heterocycles. The molecule has 0 fully saturated rings. The number of nitrogens with zero attached hydrogens (tertiary/aromatic N) is 1. The molecule has 0 unspecified atom stereocenters. The molecule has 0 aliphatic heterocycles. The van der Waals surface area contributed by atoms with Crippen LogP contribution in [0.15, 0.2) is 4.99 Å². The molecule has 0 aliphatic rings. The summed E-state index contributed by atoms with van der Waals surface area (Å²) in [5, 5.41) is 2.60. The van der Waals surface area contributed by atoms with Crippen molar-refractivity contribution >= 4 is 5.96 Å². The van der Waals surface area contributed by atoms with Gasteiger partial charge in [-0.15, -0.1) is 0 Å². The van der Waals surface area contributed by atoms with Crippen LogP contribution in [-0.4, -0.2) is 25.5 Å². The number of alkyl halides is 2. The molecule has 0 aromatic carbocycles. The van der Waals surface area contributed by atoms with Crippen LogP contribution < -0.4 is 11.1 Å². The Morgan fingerprint density at radius 3 is 2.70 bits per heavy atom. The summed E-state index contributed by atoms with van der Waals surface area (Å²) in [5.41, 5.74) is 5.14. The maximum Gasteiger partial charge on any atom is 0.257 e. The van der Waals surface area contributed by atoms with Crippen LogP contribution in [0.5, 0.6) is 0 Å². The SMILES string of the molecule is CCNC(N)=NCC(F)F. The Hall–Kier alpha value is -0.870. The minimum atomic E-state index is -2.42. The molecule has 3 nitrogen and oxygen atoms in total. The first-order chi connectivity index (χ1) is 4.66. The van der Waals surface area contributed by atoms with E-state index in [2.05, 4.69) is 10.3 Å². The first-order valence-electron chi connectivity index (χ1n) is 2.98. The molecule has 0 saturated carbocycles. The van der Waals surface area contributed by atoms with Gasteiger partial charge in [0.05, 0.1) is 0 Å². The molecule has 0 aromatic rings. The van der Waals surface area contributed by atoms with Crippen molar-refractivity contribution in [1.82, 2.24) is 5.32 Å². The Kier molecular flexibility index (Phi) is 4.53. The summed E-state index contributed by atoms with van der Waals surface area (Å²) in [5.74, 6) is 0.0720. The Labute approximate surface area is 58.3 Å². The van der Waals surface area contributed by atoms with Gasteiger partial charge in [-0.1, -0.05) is 0 Å². The zero-order valence-corrected chi connectivity index (χ0v) is 5.77. The van der Waals surface area contributed by atoms with Crippen LogP contribution in [0.2, 0.25) is 0 Å². The molecule has 5 heteroatoms. The summed E-state index contributed by atoms with van der Waals surface area (Å²) >= 11 is 0. The van der Waals surface area contributed by atoms with E-state index in [0.29, 0.717) is 6.54 Å². The van der Waals surface area contributed by atoms with Crippen molar-refractivity contribution in [2.45, 2.75) is 13.3 Å². The lowest BCUT2D eigenvalue weighted by Crippen LogP contribution is -2.31. The molecule has 10 heavy (non-hydrogen) atoms. The lowest BCUT2D eigenvalue weighted by Gasteiger charge is -1.99. The van der Waals surface area contributed by atoms with Crippen molar-refractivity contribution in [3.05, 3.63) is 0 Å². The molecule has 0 amide bonds. The lowest BCUT2D eigenvalue weighted by molar-refractivity contribution is 0.158. The van der Waals surface area contributed by atoms with Crippen molar-refractivity contribution in [3.8, 4) is 0 Å². The quantitative estimate of drug-likeness (QED) is 0.446. The molecule has 0 saturated heterocycles. The number of hydrogen-bond acceptors (Lipinski definition) is 1. The van der Waals surface area contributed by atoms with Gasteiger partial charge < -0.3 is 11.1 Å². The first-order valence-corrected chi connectivity index (χ1v) is 2.98. The van der Waals surface area contributed by atoms with Crippen LogP contribution in [0.1, 0.15) is 6.92 Å². The summed E-state index contributed by atoms with van der Waals surface area (Å²) in [4.78, 5) is 3.35. The highest BCUT2D eigenvalue weighted by atomic mass is 19.3. The minimum absolute atomic E-state index is 0.0720. The fourth-order valence-electron chi connectivity index (χ4n) is 0.404. The Balaban J connectivity index is 3.47. The summed E-state index contributed by atoms with van der Waals surface area (Å²) in [6, 6.07) is 0. The van der Waals surface area contributed by atoms with Crippen molar-refractivity contribution in [2.75, 3.05) is 13.1 Å². The van der Waals surface area contributed by atoms with Gasteiger partial charge in [-0.25, -0.2) is 13.8 Å². The zero-order chi connectivity index (χ0) is 7.98. The highest BCUT2D eigenvalue weighted by Crippen LogP contribution is 1.90. The predicted molar refractivity (Wildman–Crippen MR) is 36.2 cm³/mol. The van der Waals surface area contributed by atoms with Crippen molar-refractivity contribution < 1.29 is 8.78 Å². The first kappa shape index (κ1) is 9.13. The summed E-state index contributed by atoms with van der Waals surface area (Å²) in [6.07, 6.45) is -2.42. The second-order valence-corrected chi connectivity index (χ2v) is 1.65. The molecule has 0 bridgehead atoms. The Morgan fingerprint density at radius 2 is 2.30 bits per heavy atom. The fourth-order valence-corrected chi connectivity index (χ4v) is 0.404. The van der Waals surface area contributed by atoms with E-state index in [0.717, 1.165) is 0 Å². The average Bonchev–Trinajstić information content (AvgIpc) is 1.85. The molecule has 0 radical (unpaired) electrons. The van der Waals surface area contributed by atoms with Gasteiger partial charge in [-0.2, -0.15) is 0 Å².